The molecule has 2 atom stereocenters. The number of hydrogen-bond donors (Lipinski definition) is 1. The van der Waals surface area contributed by atoms with Gasteiger partial charge in [-0.25, -0.2) is 0 Å². The Balaban J connectivity index is 2.56. The van der Waals surface area contributed by atoms with E-state index in [-0.39, 0.29) is 6.10 Å². The van der Waals surface area contributed by atoms with E-state index < -0.39 is 0 Å². The zero-order valence-corrected chi connectivity index (χ0v) is 11.5. The maximum absolute atomic E-state index is 9.33. The molecule has 3 heteroatoms. The fourth-order valence-corrected chi connectivity index (χ4v) is 2.45. The predicted octanol–water partition coefficient (Wildman–Crippen LogP) is 2.48. The summed E-state index contributed by atoms with van der Waals surface area (Å²) in [4.78, 5) is 2.17. The number of alkyl halides is 1. The summed E-state index contributed by atoms with van der Waals surface area (Å²) in [5.41, 5.74) is 1.34. The second kappa shape index (κ2) is 7.05. The second-order valence-corrected chi connectivity index (χ2v) is 4.98. The van der Waals surface area contributed by atoms with Crippen LogP contribution in [0.2, 0.25) is 0 Å². The summed E-state index contributed by atoms with van der Waals surface area (Å²) in [7, 11) is 2.05. The molecular formula is C13H20BrNO. The first-order valence-electron chi connectivity index (χ1n) is 5.61. The van der Waals surface area contributed by atoms with E-state index in [0.29, 0.717) is 5.92 Å². The van der Waals surface area contributed by atoms with E-state index in [9.17, 15) is 5.11 Å². The molecular weight excluding hydrogens is 266 g/mol. The molecule has 0 aliphatic carbocycles. The quantitative estimate of drug-likeness (QED) is 0.812. The molecule has 1 aromatic carbocycles. The van der Waals surface area contributed by atoms with Crippen molar-refractivity contribution in [1.29, 1.82) is 0 Å². The molecule has 0 heterocycles. The predicted molar refractivity (Wildman–Crippen MR) is 72.2 cm³/mol. The minimum absolute atomic E-state index is 0.267. The van der Waals surface area contributed by atoms with Gasteiger partial charge in [0, 0.05) is 24.3 Å². The van der Waals surface area contributed by atoms with Crippen molar-refractivity contribution in [3.8, 4) is 0 Å². The standard InChI is InChI=1S/C13H20BrNO/c1-11(16)9-15(2)10-13(8-14)12-6-4-3-5-7-12/h3-7,11,13,16H,8-10H2,1-2H3. The third-order valence-corrected chi connectivity index (χ3v) is 3.35. The average Bonchev–Trinajstić information content (AvgIpc) is 2.26. The molecule has 0 aromatic heterocycles. The number of aliphatic hydroxyl groups is 1. The van der Waals surface area contributed by atoms with Crippen LogP contribution in [0.25, 0.3) is 0 Å². The van der Waals surface area contributed by atoms with Crippen LogP contribution >= 0.6 is 15.9 Å². The van der Waals surface area contributed by atoms with Crippen LogP contribution in [0.1, 0.15) is 18.4 Å². The van der Waals surface area contributed by atoms with E-state index in [0.717, 1.165) is 18.4 Å². The van der Waals surface area contributed by atoms with Gasteiger partial charge in [-0.05, 0) is 19.5 Å². The SMILES string of the molecule is CC(O)CN(C)CC(CBr)c1ccccc1. The highest BCUT2D eigenvalue weighted by Gasteiger charge is 2.13. The van der Waals surface area contributed by atoms with E-state index in [1.54, 1.807) is 0 Å². The number of halogens is 1. The Labute approximate surface area is 106 Å². The van der Waals surface area contributed by atoms with Gasteiger partial charge in [0.15, 0.2) is 0 Å². The van der Waals surface area contributed by atoms with Crippen LogP contribution in [0.4, 0.5) is 0 Å². The minimum Gasteiger partial charge on any atom is -0.392 e. The molecule has 0 aliphatic heterocycles. The zero-order valence-electron chi connectivity index (χ0n) is 9.94. The molecule has 2 unspecified atom stereocenters. The van der Waals surface area contributed by atoms with Crippen LogP contribution in [-0.2, 0) is 0 Å². The maximum Gasteiger partial charge on any atom is 0.0638 e. The zero-order chi connectivity index (χ0) is 12.0. The summed E-state index contributed by atoms with van der Waals surface area (Å²) in [5, 5.41) is 10.3. The fourth-order valence-electron chi connectivity index (χ4n) is 1.87. The molecule has 2 nitrogen and oxygen atoms in total. The molecule has 0 saturated heterocycles. The molecule has 0 radical (unpaired) electrons. The number of likely N-dealkylation sites (N-methyl/N-ethyl adjacent to an activating group) is 1. The van der Waals surface area contributed by atoms with Gasteiger partial charge in [0.1, 0.15) is 0 Å². The summed E-state index contributed by atoms with van der Waals surface area (Å²) < 4.78 is 0. The van der Waals surface area contributed by atoms with E-state index in [1.807, 2.05) is 20.0 Å². The molecule has 0 amide bonds. The molecule has 1 rings (SSSR count). The lowest BCUT2D eigenvalue weighted by Gasteiger charge is -2.24. The largest absolute Gasteiger partial charge is 0.392 e. The van der Waals surface area contributed by atoms with Gasteiger partial charge in [-0.3, -0.25) is 0 Å². The highest BCUT2D eigenvalue weighted by Crippen LogP contribution is 2.18. The minimum atomic E-state index is -0.267. The molecule has 0 saturated carbocycles. The van der Waals surface area contributed by atoms with E-state index in [2.05, 4.69) is 45.1 Å². The van der Waals surface area contributed by atoms with E-state index in [1.165, 1.54) is 5.56 Å². The van der Waals surface area contributed by atoms with Gasteiger partial charge < -0.3 is 10.0 Å². The first kappa shape index (κ1) is 13.7. The summed E-state index contributed by atoms with van der Waals surface area (Å²) in [5.74, 6) is 0.477. The summed E-state index contributed by atoms with van der Waals surface area (Å²) in [6.07, 6.45) is -0.267. The Kier molecular flexibility index (Phi) is 6.03. The second-order valence-electron chi connectivity index (χ2n) is 4.33. The lowest BCUT2D eigenvalue weighted by Crippen LogP contribution is -2.31. The van der Waals surface area contributed by atoms with Gasteiger partial charge in [0.2, 0.25) is 0 Å². The number of aliphatic hydroxyl groups excluding tert-OH is 1. The molecule has 0 aliphatic rings. The Morgan fingerprint density at radius 1 is 1.25 bits per heavy atom. The highest BCUT2D eigenvalue weighted by atomic mass is 79.9. The first-order valence-corrected chi connectivity index (χ1v) is 6.73. The molecule has 0 spiro atoms. The molecule has 90 valence electrons. The smallest absolute Gasteiger partial charge is 0.0638 e. The summed E-state index contributed by atoms with van der Waals surface area (Å²) in [6.45, 7) is 3.50. The van der Waals surface area contributed by atoms with Crippen molar-refractivity contribution >= 4 is 15.9 Å². The number of rotatable bonds is 6. The normalized spacial score (nSPS) is 15.1. The van der Waals surface area contributed by atoms with Gasteiger partial charge >= 0.3 is 0 Å². The summed E-state index contributed by atoms with van der Waals surface area (Å²) in [6, 6.07) is 10.5. The van der Waals surface area contributed by atoms with Crippen LogP contribution < -0.4 is 0 Å². The van der Waals surface area contributed by atoms with E-state index >= 15 is 0 Å². The highest BCUT2D eigenvalue weighted by molar-refractivity contribution is 9.09. The Hall–Kier alpha value is -0.380. The lowest BCUT2D eigenvalue weighted by molar-refractivity contribution is 0.139. The van der Waals surface area contributed by atoms with Gasteiger partial charge in [-0.15, -0.1) is 0 Å². The lowest BCUT2D eigenvalue weighted by atomic mass is 10.0. The topological polar surface area (TPSA) is 23.5 Å². The van der Waals surface area contributed by atoms with Gasteiger partial charge in [-0.1, -0.05) is 46.3 Å². The van der Waals surface area contributed by atoms with E-state index in [4.69, 9.17) is 0 Å². The first-order chi connectivity index (χ1) is 7.63. The number of hydrogen-bond acceptors (Lipinski definition) is 2. The van der Waals surface area contributed by atoms with Crippen molar-refractivity contribution < 1.29 is 5.11 Å². The Bertz CT molecular complexity index is 289. The van der Waals surface area contributed by atoms with Crippen LogP contribution in [0.15, 0.2) is 30.3 Å². The summed E-state index contributed by atoms with van der Waals surface area (Å²) >= 11 is 3.56. The third kappa shape index (κ3) is 4.64. The molecule has 1 aromatic rings. The van der Waals surface area contributed by atoms with Crippen molar-refractivity contribution in [3.63, 3.8) is 0 Å². The van der Waals surface area contributed by atoms with Crippen molar-refractivity contribution in [1.82, 2.24) is 4.90 Å². The molecule has 0 fully saturated rings. The Morgan fingerprint density at radius 3 is 2.38 bits per heavy atom. The van der Waals surface area contributed by atoms with Crippen LogP contribution in [-0.4, -0.2) is 41.6 Å². The number of nitrogens with zero attached hydrogens (tertiary/aromatic N) is 1. The van der Waals surface area contributed by atoms with Gasteiger partial charge in [0.05, 0.1) is 6.10 Å². The molecule has 1 N–H and O–H groups in total. The number of benzene rings is 1. The van der Waals surface area contributed by atoms with Crippen molar-refractivity contribution in [3.05, 3.63) is 35.9 Å². The third-order valence-electron chi connectivity index (χ3n) is 2.57. The fraction of sp³-hybridized carbons (Fsp3) is 0.538. The molecule has 16 heavy (non-hydrogen) atoms. The van der Waals surface area contributed by atoms with Crippen LogP contribution in [0.3, 0.4) is 0 Å². The van der Waals surface area contributed by atoms with Gasteiger partial charge in [-0.2, -0.15) is 0 Å². The van der Waals surface area contributed by atoms with Crippen LogP contribution in [0.5, 0.6) is 0 Å². The van der Waals surface area contributed by atoms with Crippen molar-refractivity contribution in [2.45, 2.75) is 18.9 Å². The average molecular weight is 286 g/mol. The monoisotopic (exact) mass is 285 g/mol. The van der Waals surface area contributed by atoms with Crippen LogP contribution in [0, 0.1) is 0 Å². The van der Waals surface area contributed by atoms with Crippen molar-refractivity contribution in [2.24, 2.45) is 0 Å². The van der Waals surface area contributed by atoms with Crippen molar-refractivity contribution in [2.75, 3.05) is 25.5 Å². The molecule has 0 bridgehead atoms. The Morgan fingerprint density at radius 2 is 1.88 bits per heavy atom. The van der Waals surface area contributed by atoms with Gasteiger partial charge in [0.25, 0.3) is 0 Å². The maximum atomic E-state index is 9.33.